The molecule has 1 atom stereocenters. The molecule has 9 nitrogen and oxygen atoms in total. The first-order valence-electron chi connectivity index (χ1n) is 9.33. The Bertz CT molecular complexity index is 788. The maximum absolute atomic E-state index is 11.6. The molecular formula is C18H26F3N5O4S. The third kappa shape index (κ3) is 6.86. The standard InChI is InChI=1S/C16H25N5O2S.C2HF3O2/c1-19(2)13-5-14(18-11-17-13)21-9-16(10-21)6-12(8-24-16)23-7-15(22)20(3)4;3-2(4,5)1(6)7/h5,11-12H,6-10H2,1-4H3;(H,6,7). The first kappa shape index (κ1) is 25.0. The number of carbonyl (C=O) groups excluding carboxylic acids is 1. The maximum Gasteiger partial charge on any atom is 0.490 e. The summed E-state index contributed by atoms with van der Waals surface area (Å²) < 4.78 is 37.8. The summed E-state index contributed by atoms with van der Waals surface area (Å²) in [6, 6.07) is 2.02. The van der Waals surface area contributed by atoms with Gasteiger partial charge in [0, 0.05) is 53.1 Å². The third-order valence-corrected chi connectivity index (χ3v) is 6.31. The third-order valence-electron chi connectivity index (χ3n) is 4.74. The van der Waals surface area contributed by atoms with Crippen molar-refractivity contribution < 1.29 is 32.6 Å². The normalized spacial score (nSPS) is 19.3. The topological polar surface area (TPSA) is 99.1 Å². The Labute approximate surface area is 182 Å². The van der Waals surface area contributed by atoms with Gasteiger partial charge in [0.05, 0.1) is 10.9 Å². The molecule has 1 amide bonds. The van der Waals surface area contributed by atoms with Crippen LogP contribution < -0.4 is 9.80 Å². The number of nitrogens with zero attached hydrogens (tertiary/aromatic N) is 5. The Morgan fingerprint density at radius 2 is 1.90 bits per heavy atom. The number of carboxylic acids is 1. The van der Waals surface area contributed by atoms with Crippen molar-refractivity contribution in [3.8, 4) is 0 Å². The molecule has 1 unspecified atom stereocenters. The molecule has 0 saturated carbocycles. The molecule has 1 N–H and O–H groups in total. The van der Waals surface area contributed by atoms with E-state index >= 15 is 0 Å². The minimum atomic E-state index is -5.08. The number of ether oxygens (including phenoxy) is 1. The minimum Gasteiger partial charge on any atom is -0.475 e. The Balaban J connectivity index is 0.000000423. The van der Waals surface area contributed by atoms with Crippen molar-refractivity contribution in [1.82, 2.24) is 14.9 Å². The molecular weight excluding hydrogens is 439 g/mol. The molecule has 3 rings (SSSR count). The highest BCUT2D eigenvalue weighted by Gasteiger charge is 2.50. The summed E-state index contributed by atoms with van der Waals surface area (Å²) >= 11 is 1.96. The van der Waals surface area contributed by atoms with Gasteiger partial charge in [-0.25, -0.2) is 14.8 Å². The summed E-state index contributed by atoms with van der Waals surface area (Å²) in [4.78, 5) is 35.0. The Kier molecular flexibility index (Phi) is 7.98. The molecule has 3 heterocycles. The van der Waals surface area contributed by atoms with Gasteiger partial charge in [-0.2, -0.15) is 13.2 Å². The van der Waals surface area contributed by atoms with Crippen LogP contribution in [0.5, 0.6) is 0 Å². The molecule has 0 radical (unpaired) electrons. The molecule has 31 heavy (non-hydrogen) atoms. The molecule has 2 fully saturated rings. The predicted molar refractivity (Wildman–Crippen MR) is 111 cm³/mol. The number of alkyl halides is 3. The van der Waals surface area contributed by atoms with E-state index in [4.69, 9.17) is 14.6 Å². The molecule has 2 aliphatic heterocycles. The van der Waals surface area contributed by atoms with Crippen molar-refractivity contribution in [3.63, 3.8) is 0 Å². The molecule has 13 heteroatoms. The number of anilines is 2. The monoisotopic (exact) mass is 465 g/mol. The highest BCUT2D eigenvalue weighted by molar-refractivity contribution is 8.01. The fourth-order valence-corrected chi connectivity index (χ4v) is 4.57. The number of thioether (sulfide) groups is 1. The highest BCUT2D eigenvalue weighted by Crippen LogP contribution is 2.47. The zero-order chi connectivity index (χ0) is 23.4. The second-order valence-corrected chi connectivity index (χ2v) is 9.20. The van der Waals surface area contributed by atoms with Gasteiger partial charge in [-0.1, -0.05) is 0 Å². The lowest BCUT2D eigenvalue weighted by atomic mass is 9.93. The van der Waals surface area contributed by atoms with Crippen LogP contribution in [-0.2, 0) is 14.3 Å². The fourth-order valence-electron chi connectivity index (χ4n) is 3.01. The van der Waals surface area contributed by atoms with E-state index < -0.39 is 12.1 Å². The summed E-state index contributed by atoms with van der Waals surface area (Å²) in [6.45, 7) is 2.13. The van der Waals surface area contributed by atoms with Crippen LogP contribution in [0.4, 0.5) is 24.8 Å². The summed E-state index contributed by atoms with van der Waals surface area (Å²) in [5.41, 5.74) is 0. The molecule has 174 valence electrons. The van der Waals surface area contributed by atoms with Crippen molar-refractivity contribution >= 4 is 35.3 Å². The van der Waals surface area contributed by atoms with Crippen LogP contribution in [0.15, 0.2) is 12.4 Å². The average Bonchev–Trinajstić information content (AvgIpc) is 3.09. The van der Waals surface area contributed by atoms with E-state index in [1.807, 2.05) is 36.8 Å². The average molecular weight is 465 g/mol. The van der Waals surface area contributed by atoms with Gasteiger partial charge in [-0.3, -0.25) is 4.79 Å². The number of carbonyl (C=O) groups is 2. The number of likely N-dealkylation sites (N-methyl/N-ethyl adjacent to an activating group) is 1. The number of carboxylic acid groups (broad SMARTS) is 1. The SMILES string of the molecule is CN(C)C(=O)COC1CSC2(C1)CN(c1cc(N(C)C)ncn1)C2.O=C(O)C(F)(F)F. The van der Waals surface area contributed by atoms with Gasteiger partial charge in [0.1, 0.15) is 24.6 Å². The van der Waals surface area contributed by atoms with Crippen LogP contribution in [0.3, 0.4) is 0 Å². The van der Waals surface area contributed by atoms with Crippen LogP contribution in [0.25, 0.3) is 0 Å². The summed E-state index contributed by atoms with van der Waals surface area (Å²) in [5, 5.41) is 7.12. The molecule has 0 bridgehead atoms. The van der Waals surface area contributed by atoms with Crippen molar-refractivity contribution in [3.05, 3.63) is 12.4 Å². The lowest BCUT2D eigenvalue weighted by Gasteiger charge is -2.48. The van der Waals surface area contributed by atoms with E-state index in [0.29, 0.717) is 0 Å². The second kappa shape index (κ2) is 9.90. The van der Waals surface area contributed by atoms with E-state index in [-0.39, 0.29) is 23.4 Å². The van der Waals surface area contributed by atoms with E-state index in [2.05, 4.69) is 14.9 Å². The van der Waals surface area contributed by atoms with Crippen LogP contribution in [0, 0.1) is 0 Å². The lowest BCUT2D eigenvalue weighted by molar-refractivity contribution is -0.192. The van der Waals surface area contributed by atoms with Crippen molar-refractivity contribution in [2.75, 3.05) is 63.4 Å². The predicted octanol–water partition coefficient (Wildman–Crippen LogP) is 1.34. The molecule has 1 aromatic rings. The van der Waals surface area contributed by atoms with Crippen LogP contribution >= 0.6 is 11.8 Å². The quantitative estimate of drug-likeness (QED) is 0.691. The molecule has 2 saturated heterocycles. The van der Waals surface area contributed by atoms with Gasteiger partial charge < -0.3 is 24.5 Å². The van der Waals surface area contributed by atoms with Gasteiger partial charge in [-0.05, 0) is 6.42 Å². The second-order valence-electron chi connectivity index (χ2n) is 7.71. The Morgan fingerprint density at radius 1 is 1.29 bits per heavy atom. The van der Waals surface area contributed by atoms with Gasteiger partial charge >= 0.3 is 12.1 Å². The first-order valence-corrected chi connectivity index (χ1v) is 10.3. The zero-order valence-electron chi connectivity index (χ0n) is 17.7. The van der Waals surface area contributed by atoms with Crippen LogP contribution in [0.1, 0.15) is 6.42 Å². The number of hydrogen-bond donors (Lipinski definition) is 1. The molecule has 1 spiro atoms. The first-order chi connectivity index (χ1) is 14.3. The summed E-state index contributed by atoms with van der Waals surface area (Å²) in [5.74, 6) is 0.123. The lowest BCUT2D eigenvalue weighted by Crippen LogP contribution is -2.59. The van der Waals surface area contributed by atoms with Gasteiger partial charge in [0.2, 0.25) is 5.91 Å². The highest BCUT2D eigenvalue weighted by atomic mass is 32.2. The maximum atomic E-state index is 11.6. The van der Waals surface area contributed by atoms with E-state index in [1.54, 1.807) is 25.3 Å². The summed E-state index contributed by atoms with van der Waals surface area (Å²) in [7, 11) is 7.47. The molecule has 2 aliphatic rings. The number of rotatable bonds is 5. The smallest absolute Gasteiger partial charge is 0.475 e. The summed E-state index contributed by atoms with van der Waals surface area (Å²) in [6.07, 6.45) is -2.29. The van der Waals surface area contributed by atoms with Crippen LogP contribution in [0.2, 0.25) is 0 Å². The fraction of sp³-hybridized carbons (Fsp3) is 0.667. The molecule has 0 aromatic carbocycles. The van der Waals surface area contributed by atoms with Gasteiger partial charge in [0.25, 0.3) is 0 Å². The van der Waals surface area contributed by atoms with Crippen LogP contribution in [-0.4, -0.2) is 103 Å². The van der Waals surface area contributed by atoms with Crippen molar-refractivity contribution in [2.24, 2.45) is 0 Å². The van der Waals surface area contributed by atoms with E-state index in [1.165, 1.54) is 0 Å². The number of halogens is 3. The number of aliphatic carboxylic acids is 1. The number of hydrogen-bond acceptors (Lipinski definition) is 8. The Hall–Kier alpha value is -2.28. The zero-order valence-corrected chi connectivity index (χ0v) is 18.5. The van der Waals surface area contributed by atoms with Gasteiger partial charge in [-0.15, -0.1) is 11.8 Å². The Morgan fingerprint density at radius 3 is 2.42 bits per heavy atom. The largest absolute Gasteiger partial charge is 0.490 e. The minimum absolute atomic E-state index is 0.0217. The van der Waals surface area contributed by atoms with Gasteiger partial charge in [0.15, 0.2) is 0 Å². The van der Waals surface area contributed by atoms with Crippen molar-refractivity contribution in [1.29, 1.82) is 0 Å². The van der Waals surface area contributed by atoms with E-state index in [0.717, 1.165) is 36.9 Å². The number of aromatic nitrogens is 2. The molecule has 1 aromatic heterocycles. The molecule has 0 aliphatic carbocycles. The van der Waals surface area contributed by atoms with Crippen molar-refractivity contribution in [2.45, 2.75) is 23.4 Å². The van der Waals surface area contributed by atoms with E-state index in [9.17, 15) is 18.0 Å². The number of amides is 1.